The second-order valence-corrected chi connectivity index (χ2v) is 7.60. The molecule has 0 saturated heterocycles. The summed E-state index contributed by atoms with van der Waals surface area (Å²) >= 11 is 5.65. The minimum absolute atomic E-state index is 0.142. The maximum atomic E-state index is 13.2. The minimum Gasteiger partial charge on any atom is -0.324 e. The summed E-state index contributed by atoms with van der Waals surface area (Å²) in [7, 11) is -3.82. The molecule has 0 radical (unpaired) electrons. The van der Waals surface area contributed by atoms with Gasteiger partial charge in [0.05, 0.1) is 17.0 Å². The van der Waals surface area contributed by atoms with Crippen molar-refractivity contribution < 1.29 is 22.0 Å². The number of halogens is 3. The smallest absolute Gasteiger partial charge is 0.247 e. The van der Waals surface area contributed by atoms with E-state index in [1.165, 1.54) is 31.2 Å². The van der Waals surface area contributed by atoms with Crippen molar-refractivity contribution in [3.05, 3.63) is 59.1 Å². The van der Waals surface area contributed by atoms with Crippen molar-refractivity contribution in [1.82, 2.24) is 0 Å². The van der Waals surface area contributed by atoms with Crippen LogP contribution in [0.3, 0.4) is 0 Å². The number of nitrogens with one attached hydrogen (secondary N) is 1. The molecule has 0 spiro atoms. The molecule has 0 aliphatic carbocycles. The first-order valence-electron chi connectivity index (χ1n) is 7.10. The Morgan fingerprint density at radius 3 is 2.28 bits per heavy atom. The van der Waals surface area contributed by atoms with Gasteiger partial charge >= 0.3 is 0 Å². The van der Waals surface area contributed by atoms with Crippen LogP contribution >= 0.6 is 11.6 Å². The average molecular weight is 389 g/mol. The molecule has 0 aliphatic rings. The fourth-order valence-corrected chi connectivity index (χ4v) is 3.57. The minimum atomic E-state index is -3.82. The maximum absolute atomic E-state index is 13.2. The van der Waals surface area contributed by atoms with Gasteiger partial charge < -0.3 is 5.32 Å². The molecule has 134 valence electrons. The second-order valence-electron chi connectivity index (χ2n) is 5.33. The Labute approximate surface area is 149 Å². The van der Waals surface area contributed by atoms with E-state index in [0.717, 1.165) is 28.8 Å². The van der Waals surface area contributed by atoms with Gasteiger partial charge in [-0.3, -0.25) is 9.10 Å². The highest BCUT2D eigenvalue weighted by Crippen LogP contribution is 2.23. The first kappa shape index (κ1) is 19.1. The van der Waals surface area contributed by atoms with Crippen LogP contribution < -0.4 is 9.62 Å². The fraction of sp³-hybridized carbons (Fsp3) is 0.188. The SMILES string of the molecule is CC(C(=O)Nc1ccc(F)c(Cl)c1)N(c1ccc(F)cc1)S(C)(=O)=O. The molecule has 0 aliphatic heterocycles. The predicted octanol–water partition coefficient (Wildman–Crippen LogP) is 3.41. The molecule has 25 heavy (non-hydrogen) atoms. The Morgan fingerprint density at radius 2 is 1.76 bits per heavy atom. The molecule has 1 N–H and O–H groups in total. The van der Waals surface area contributed by atoms with Crippen LogP contribution in [0.15, 0.2) is 42.5 Å². The van der Waals surface area contributed by atoms with Crippen LogP contribution in [0.2, 0.25) is 5.02 Å². The summed E-state index contributed by atoms with van der Waals surface area (Å²) in [5.74, 6) is -1.83. The van der Waals surface area contributed by atoms with E-state index in [0.29, 0.717) is 0 Å². The van der Waals surface area contributed by atoms with Crippen LogP contribution in [-0.4, -0.2) is 26.6 Å². The molecular formula is C16H15ClF2N2O3S. The molecule has 1 atom stereocenters. The maximum Gasteiger partial charge on any atom is 0.247 e. The van der Waals surface area contributed by atoms with Crippen LogP contribution in [0.4, 0.5) is 20.2 Å². The number of carbonyl (C=O) groups excluding carboxylic acids is 1. The summed E-state index contributed by atoms with van der Waals surface area (Å²) in [4.78, 5) is 12.4. The van der Waals surface area contributed by atoms with Crippen molar-refractivity contribution in [3.8, 4) is 0 Å². The summed E-state index contributed by atoms with van der Waals surface area (Å²) in [6.07, 6.45) is 0.939. The normalized spacial score (nSPS) is 12.5. The van der Waals surface area contributed by atoms with Gasteiger partial charge in [0.1, 0.15) is 17.7 Å². The summed E-state index contributed by atoms with van der Waals surface area (Å²) in [6.45, 7) is 1.38. The van der Waals surface area contributed by atoms with Gasteiger partial charge in [-0.2, -0.15) is 0 Å². The largest absolute Gasteiger partial charge is 0.324 e. The van der Waals surface area contributed by atoms with Gasteiger partial charge in [0.2, 0.25) is 15.9 Å². The highest BCUT2D eigenvalue weighted by atomic mass is 35.5. The average Bonchev–Trinajstić information content (AvgIpc) is 2.51. The van der Waals surface area contributed by atoms with Gasteiger partial charge in [-0.1, -0.05) is 11.6 Å². The topological polar surface area (TPSA) is 66.5 Å². The molecular weight excluding hydrogens is 374 g/mol. The lowest BCUT2D eigenvalue weighted by atomic mass is 10.2. The van der Waals surface area contributed by atoms with Crippen molar-refractivity contribution in [2.45, 2.75) is 13.0 Å². The molecule has 2 rings (SSSR count). The number of anilines is 2. The number of nitrogens with zero attached hydrogens (tertiary/aromatic N) is 1. The fourth-order valence-electron chi connectivity index (χ4n) is 2.22. The van der Waals surface area contributed by atoms with Gasteiger partial charge in [-0.15, -0.1) is 0 Å². The number of rotatable bonds is 5. The zero-order valence-corrected chi connectivity index (χ0v) is 14.9. The van der Waals surface area contributed by atoms with E-state index in [-0.39, 0.29) is 16.4 Å². The third-order valence-electron chi connectivity index (χ3n) is 3.36. The third-order valence-corrected chi connectivity index (χ3v) is 4.89. The van der Waals surface area contributed by atoms with E-state index in [1.54, 1.807) is 0 Å². The molecule has 2 aromatic carbocycles. The number of hydrogen-bond acceptors (Lipinski definition) is 3. The monoisotopic (exact) mass is 388 g/mol. The number of benzene rings is 2. The molecule has 2 aromatic rings. The number of sulfonamides is 1. The van der Waals surface area contributed by atoms with Crippen LogP contribution in [0.1, 0.15) is 6.92 Å². The lowest BCUT2D eigenvalue weighted by Crippen LogP contribution is -2.45. The van der Waals surface area contributed by atoms with Crippen LogP contribution in [0.5, 0.6) is 0 Å². The van der Waals surface area contributed by atoms with E-state index in [9.17, 15) is 22.0 Å². The van der Waals surface area contributed by atoms with Gasteiger partial charge in [0.25, 0.3) is 0 Å². The molecule has 9 heteroatoms. The first-order valence-corrected chi connectivity index (χ1v) is 9.33. The van der Waals surface area contributed by atoms with Crippen molar-refractivity contribution in [2.24, 2.45) is 0 Å². The lowest BCUT2D eigenvalue weighted by molar-refractivity contribution is -0.116. The van der Waals surface area contributed by atoms with Crippen LogP contribution in [0, 0.1) is 11.6 Å². The lowest BCUT2D eigenvalue weighted by Gasteiger charge is -2.28. The molecule has 1 amide bonds. The quantitative estimate of drug-likeness (QED) is 0.853. The van der Waals surface area contributed by atoms with Crippen molar-refractivity contribution >= 4 is 38.9 Å². The Kier molecular flexibility index (Phi) is 5.64. The van der Waals surface area contributed by atoms with E-state index in [4.69, 9.17) is 11.6 Å². The summed E-state index contributed by atoms with van der Waals surface area (Å²) in [5, 5.41) is 2.30. The Balaban J connectivity index is 2.29. The Morgan fingerprint density at radius 1 is 1.16 bits per heavy atom. The summed E-state index contributed by atoms with van der Waals surface area (Å²) in [6, 6.07) is 7.17. The molecule has 0 fully saturated rings. The van der Waals surface area contributed by atoms with E-state index < -0.39 is 33.6 Å². The highest BCUT2D eigenvalue weighted by molar-refractivity contribution is 7.92. The highest BCUT2D eigenvalue weighted by Gasteiger charge is 2.29. The van der Waals surface area contributed by atoms with Crippen molar-refractivity contribution in [3.63, 3.8) is 0 Å². The molecule has 0 bridgehead atoms. The molecule has 1 unspecified atom stereocenters. The second kappa shape index (κ2) is 7.37. The number of hydrogen-bond donors (Lipinski definition) is 1. The number of amides is 1. The zero-order valence-electron chi connectivity index (χ0n) is 13.3. The van der Waals surface area contributed by atoms with Crippen molar-refractivity contribution in [2.75, 3.05) is 15.9 Å². The summed E-state index contributed by atoms with van der Waals surface area (Å²) in [5.41, 5.74) is 0.361. The standard InChI is InChI=1S/C16H15ClF2N2O3S/c1-10(16(22)20-12-5-8-15(19)14(17)9-12)21(25(2,23)24)13-6-3-11(18)4-7-13/h3-10H,1-2H3,(H,20,22). The molecule has 0 heterocycles. The van der Waals surface area contributed by atoms with Crippen molar-refractivity contribution in [1.29, 1.82) is 0 Å². The predicted molar refractivity (Wildman–Crippen MR) is 93.2 cm³/mol. The first-order chi connectivity index (χ1) is 11.6. The molecule has 5 nitrogen and oxygen atoms in total. The van der Waals surface area contributed by atoms with Gasteiger partial charge in [-0.05, 0) is 49.4 Å². The Bertz CT molecular complexity index is 889. The number of carbonyl (C=O) groups is 1. The van der Waals surface area contributed by atoms with E-state index >= 15 is 0 Å². The summed E-state index contributed by atoms with van der Waals surface area (Å²) < 4.78 is 51.3. The Hall–Kier alpha value is -2.19. The molecule has 0 saturated carbocycles. The van der Waals surface area contributed by atoms with Gasteiger partial charge in [-0.25, -0.2) is 17.2 Å². The van der Waals surface area contributed by atoms with E-state index in [1.807, 2.05) is 0 Å². The van der Waals surface area contributed by atoms with Crippen LogP contribution in [0.25, 0.3) is 0 Å². The van der Waals surface area contributed by atoms with Gasteiger partial charge in [0, 0.05) is 5.69 Å². The van der Waals surface area contributed by atoms with Gasteiger partial charge in [0.15, 0.2) is 0 Å². The van der Waals surface area contributed by atoms with E-state index in [2.05, 4.69) is 5.32 Å². The van der Waals surface area contributed by atoms with Crippen LogP contribution in [-0.2, 0) is 14.8 Å². The third kappa shape index (κ3) is 4.67. The molecule has 0 aromatic heterocycles. The zero-order chi connectivity index (χ0) is 18.8.